The van der Waals surface area contributed by atoms with Gasteiger partial charge in [0, 0.05) is 13.7 Å². The summed E-state index contributed by atoms with van der Waals surface area (Å²) >= 11 is 6.91. The van der Waals surface area contributed by atoms with Crippen molar-refractivity contribution in [1.82, 2.24) is 15.2 Å². The lowest BCUT2D eigenvalue weighted by Gasteiger charge is -2.37. The lowest BCUT2D eigenvalue weighted by Crippen LogP contribution is -2.51. The Bertz CT molecular complexity index is 686. The summed E-state index contributed by atoms with van der Waals surface area (Å²) in [6.45, 7) is 1.21. The highest BCUT2D eigenvalue weighted by Gasteiger charge is 2.32. The molecule has 1 fully saturated rings. The highest BCUT2D eigenvalue weighted by molar-refractivity contribution is 7.80. The van der Waals surface area contributed by atoms with Crippen LogP contribution in [0, 0.1) is 0 Å². The smallest absolute Gasteiger partial charge is 0.228 e. The highest BCUT2D eigenvalue weighted by Crippen LogP contribution is 2.34. The molecule has 7 heteroatoms. The number of thiocarbonyl (C=S) groups is 1. The summed E-state index contributed by atoms with van der Waals surface area (Å²) in [5, 5.41) is 3.20. The normalized spacial score (nSPS) is 19.1. The average molecular weight is 321 g/mol. The number of fused-ring (bicyclic) bond motifs is 1. The van der Waals surface area contributed by atoms with Crippen LogP contribution >= 0.6 is 23.6 Å². The zero-order chi connectivity index (χ0) is 14.8. The van der Waals surface area contributed by atoms with E-state index in [9.17, 15) is 4.79 Å². The third kappa shape index (κ3) is 2.76. The van der Waals surface area contributed by atoms with Gasteiger partial charge >= 0.3 is 0 Å². The molecule has 0 bridgehead atoms. The first-order valence-corrected chi connectivity index (χ1v) is 7.91. The van der Waals surface area contributed by atoms with Crippen molar-refractivity contribution in [3.05, 3.63) is 29.3 Å². The van der Waals surface area contributed by atoms with E-state index >= 15 is 0 Å². The highest BCUT2D eigenvalue weighted by atomic mass is 32.1. The van der Waals surface area contributed by atoms with Crippen molar-refractivity contribution < 1.29 is 9.53 Å². The van der Waals surface area contributed by atoms with Crippen molar-refractivity contribution in [2.75, 3.05) is 20.3 Å². The number of carbonyl (C=O) groups excluding carboxylic acids is 1. The maximum Gasteiger partial charge on any atom is 0.228 e. The van der Waals surface area contributed by atoms with Crippen LogP contribution in [0.4, 0.5) is 0 Å². The van der Waals surface area contributed by atoms with E-state index in [2.05, 4.69) is 10.3 Å². The van der Waals surface area contributed by atoms with E-state index in [0.29, 0.717) is 24.7 Å². The van der Waals surface area contributed by atoms with Crippen LogP contribution < -0.4 is 5.32 Å². The molecule has 0 spiro atoms. The number of hydrogen-bond acceptors (Lipinski definition) is 5. The lowest BCUT2D eigenvalue weighted by atomic mass is 9.99. The second kappa shape index (κ2) is 6.05. The summed E-state index contributed by atoms with van der Waals surface area (Å²) < 4.78 is 6.27. The minimum absolute atomic E-state index is 0.0415. The first kappa shape index (κ1) is 14.4. The van der Waals surface area contributed by atoms with Gasteiger partial charge in [-0.3, -0.25) is 4.79 Å². The fourth-order valence-electron chi connectivity index (χ4n) is 2.56. The Morgan fingerprint density at radius 3 is 3.24 bits per heavy atom. The molecule has 110 valence electrons. The van der Waals surface area contributed by atoms with Crippen LogP contribution in [0.2, 0.25) is 0 Å². The van der Waals surface area contributed by atoms with Crippen molar-refractivity contribution in [2.24, 2.45) is 0 Å². The summed E-state index contributed by atoms with van der Waals surface area (Å²) in [6.07, 6.45) is 0.390. The fraction of sp³-hybridized carbons (Fsp3) is 0.357. The Labute approximate surface area is 131 Å². The van der Waals surface area contributed by atoms with Gasteiger partial charge in [0.05, 0.1) is 34.8 Å². The minimum atomic E-state index is -0.0643. The van der Waals surface area contributed by atoms with E-state index in [4.69, 9.17) is 17.0 Å². The molecule has 0 unspecified atom stereocenters. The molecule has 1 aliphatic rings. The van der Waals surface area contributed by atoms with Gasteiger partial charge in [-0.1, -0.05) is 12.1 Å². The zero-order valence-electron chi connectivity index (χ0n) is 11.5. The van der Waals surface area contributed by atoms with Gasteiger partial charge in [0.15, 0.2) is 5.11 Å². The van der Waals surface area contributed by atoms with Gasteiger partial charge in [-0.05, 0) is 23.8 Å². The van der Waals surface area contributed by atoms with Crippen LogP contribution in [-0.2, 0) is 9.53 Å². The predicted octanol–water partition coefficient (Wildman–Crippen LogP) is 2.09. The van der Waals surface area contributed by atoms with Gasteiger partial charge in [0.1, 0.15) is 0 Å². The number of benzene rings is 1. The topological polar surface area (TPSA) is 54.5 Å². The van der Waals surface area contributed by atoms with Crippen molar-refractivity contribution in [3.8, 4) is 0 Å². The summed E-state index contributed by atoms with van der Waals surface area (Å²) in [7, 11) is 1.66. The second-order valence-electron chi connectivity index (χ2n) is 4.81. The molecule has 1 N–H and O–H groups in total. The molecule has 1 aromatic carbocycles. The van der Waals surface area contributed by atoms with Crippen LogP contribution in [-0.4, -0.2) is 41.2 Å². The van der Waals surface area contributed by atoms with E-state index in [1.807, 2.05) is 28.6 Å². The van der Waals surface area contributed by atoms with Gasteiger partial charge in [0.2, 0.25) is 5.91 Å². The number of carbonyl (C=O) groups is 1. The van der Waals surface area contributed by atoms with Gasteiger partial charge in [-0.25, -0.2) is 4.98 Å². The predicted molar refractivity (Wildman–Crippen MR) is 86.3 cm³/mol. The summed E-state index contributed by atoms with van der Waals surface area (Å²) in [6, 6.07) is 5.94. The van der Waals surface area contributed by atoms with Crippen LogP contribution in [0.1, 0.15) is 18.0 Å². The Kier molecular flexibility index (Phi) is 4.14. The molecule has 3 rings (SSSR count). The molecule has 1 atom stereocenters. The number of rotatable bonds is 4. The van der Waals surface area contributed by atoms with E-state index in [1.165, 1.54) is 0 Å². The van der Waals surface area contributed by atoms with Gasteiger partial charge in [-0.2, -0.15) is 0 Å². The fourth-order valence-corrected chi connectivity index (χ4v) is 3.75. The molecule has 1 aromatic heterocycles. The van der Waals surface area contributed by atoms with Gasteiger partial charge in [0.25, 0.3) is 0 Å². The second-order valence-corrected chi connectivity index (χ2v) is 6.05. The number of nitrogens with zero attached hydrogens (tertiary/aromatic N) is 2. The van der Waals surface area contributed by atoms with Gasteiger partial charge in [-0.15, -0.1) is 11.3 Å². The van der Waals surface area contributed by atoms with E-state index < -0.39 is 0 Å². The number of methoxy groups -OCH3 is 1. The quantitative estimate of drug-likeness (QED) is 0.874. The number of aromatic nitrogens is 1. The maximum atomic E-state index is 11.9. The molecule has 0 aliphatic carbocycles. The number of thiazole rings is 1. The molecule has 1 amide bonds. The molecule has 0 radical (unpaired) electrons. The number of ether oxygens (including phenoxy) is 1. The van der Waals surface area contributed by atoms with Crippen molar-refractivity contribution >= 4 is 44.8 Å². The van der Waals surface area contributed by atoms with E-state index in [0.717, 1.165) is 15.8 Å². The van der Waals surface area contributed by atoms with Crippen LogP contribution in [0.25, 0.3) is 10.2 Å². The SMILES string of the molecule is COCCN1C(=S)NC(=O)C[C@@H]1c1cccc2ncsc12. The van der Waals surface area contributed by atoms with Crippen molar-refractivity contribution in [3.63, 3.8) is 0 Å². The summed E-state index contributed by atoms with van der Waals surface area (Å²) in [5.74, 6) is -0.0415. The molecular formula is C14H15N3O2S2. The third-order valence-corrected chi connectivity index (χ3v) is 4.77. The first-order valence-electron chi connectivity index (χ1n) is 6.62. The monoisotopic (exact) mass is 321 g/mol. The van der Waals surface area contributed by atoms with E-state index in [1.54, 1.807) is 18.4 Å². The number of nitrogens with one attached hydrogen (secondary N) is 1. The Hall–Kier alpha value is -1.57. The Morgan fingerprint density at radius 2 is 2.43 bits per heavy atom. The largest absolute Gasteiger partial charge is 0.383 e. The maximum absolute atomic E-state index is 11.9. The Morgan fingerprint density at radius 1 is 1.57 bits per heavy atom. The van der Waals surface area contributed by atoms with Crippen molar-refractivity contribution in [1.29, 1.82) is 0 Å². The van der Waals surface area contributed by atoms with Gasteiger partial charge < -0.3 is 15.0 Å². The lowest BCUT2D eigenvalue weighted by molar-refractivity contribution is -0.122. The Balaban J connectivity index is 2.01. The number of hydrogen-bond donors (Lipinski definition) is 1. The van der Waals surface area contributed by atoms with Crippen LogP contribution in [0.3, 0.4) is 0 Å². The average Bonchev–Trinajstić information content (AvgIpc) is 2.94. The molecule has 2 aromatic rings. The first-order chi connectivity index (χ1) is 10.2. The molecule has 0 saturated carbocycles. The minimum Gasteiger partial charge on any atom is -0.383 e. The molecule has 21 heavy (non-hydrogen) atoms. The standard InChI is InChI=1S/C14H15N3O2S2/c1-19-6-5-17-11(7-12(18)16-14(17)20)9-3-2-4-10-13(9)21-8-15-10/h2-4,8,11H,5-7H2,1H3,(H,16,18,20)/t11-/m1/s1. The zero-order valence-corrected chi connectivity index (χ0v) is 13.2. The molecule has 2 heterocycles. The summed E-state index contributed by atoms with van der Waals surface area (Å²) in [5.41, 5.74) is 3.89. The van der Waals surface area contributed by atoms with E-state index in [-0.39, 0.29) is 11.9 Å². The molecule has 5 nitrogen and oxygen atoms in total. The molecular weight excluding hydrogens is 306 g/mol. The molecule has 1 aliphatic heterocycles. The van der Waals surface area contributed by atoms with Crippen LogP contribution in [0.15, 0.2) is 23.7 Å². The number of amides is 1. The third-order valence-electron chi connectivity index (χ3n) is 3.54. The van der Waals surface area contributed by atoms with Crippen LogP contribution in [0.5, 0.6) is 0 Å². The molecule has 1 saturated heterocycles. The summed E-state index contributed by atoms with van der Waals surface area (Å²) in [4.78, 5) is 18.2. The van der Waals surface area contributed by atoms with Crippen molar-refractivity contribution in [2.45, 2.75) is 12.5 Å².